The highest BCUT2D eigenvalue weighted by Gasteiger charge is 2.18. The van der Waals surface area contributed by atoms with E-state index in [4.69, 9.17) is 4.98 Å². The summed E-state index contributed by atoms with van der Waals surface area (Å²) in [6.45, 7) is 0. The molecular formula is C37H26N4. The molecule has 0 amide bonds. The number of imidazole rings is 1. The Morgan fingerprint density at radius 2 is 1.15 bits per heavy atom. The first-order valence-corrected chi connectivity index (χ1v) is 14.2. The summed E-state index contributed by atoms with van der Waals surface area (Å²) in [5.74, 6) is 0.885. The highest BCUT2D eigenvalue weighted by atomic mass is 15.2. The summed E-state index contributed by atoms with van der Waals surface area (Å²) in [4.78, 5) is 8.60. The van der Waals surface area contributed by atoms with E-state index >= 15 is 0 Å². The molecule has 4 heteroatoms. The number of rotatable bonds is 3. The van der Waals surface area contributed by atoms with E-state index in [9.17, 15) is 0 Å². The average Bonchev–Trinajstić information content (AvgIpc) is 3.70. The van der Waals surface area contributed by atoms with Crippen molar-refractivity contribution >= 4 is 49.7 Å². The van der Waals surface area contributed by atoms with E-state index in [1.165, 1.54) is 49.4 Å². The molecule has 0 spiro atoms. The Kier molecular flexibility index (Phi) is 4.70. The Labute approximate surface area is 236 Å². The van der Waals surface area contributed by atoms with Gasteiger partial charge in [0, 0.05) is 27.2 Å². The van der Waals surface area contributed by atoms with Gasteiger partial charge in [-0.3, -0.25) is 4.57 Å². The van der Waals surface area contributed by atoms with Crippen molar-refractivity contribution in [2.75, 3.05) is 0 Å². The van der Waals surface area contributed by atoms with Gasteiger partial charge in [0.05, 0.1) is 33.5 Å². The molecule has 0 unspecified atom stereocenters. The third kappa shape index (κ3) is 3.31. The Hall–Kier alpha value is -5.35. The van der Waals surface area contributed by atoms with Crippen LogP contribution in [-0.4, -0.2) is 19.1 Å². The number of aromatic nitrogens is 4. The van der Waals surface area contributed by atoms with Gasteiger partial charge in [-0.05, 0) is 78.6 Å². The van der Waals surface area contributed by atoms with Crippen LogP contribution >= 0.6 is 0 Å². The smallest absolute Gasteiger partial charge is 0.212 e. The highest BCUT2D eigenvalue weighted by molar-refractivity contribution is 6.12. The van der Waals surface area contributed by atoms with Gasteiger partial charge in [-0.2, -0.15) is 0 Å². The molecule has 41 heavy (non-hydrogen) atoms. The molecule has 8 aromatic rings. The minimum absolute atomic E-state index is 0.885. The number of allylic oxidation sites excluding steroid dienone is 1. The maximum absolute atomic E-state index is 5.02. The number of aromatic amines is 1. The molecule has 1 N–H and O–H groups in total. The third-order valence-electron chi connectivity index (χ3n) is 8.54. The maximum atomic E-state index is 5.02. The molecule has 1 aliphatic carbocycles. The van der Waals surface area contributed by atoms with Gasteiger partial charge in [0.15, 0.2) is 0 Å². The van der Waals surface area contributed by atoms with Crippen LogP contribution in [0, 0.1) is 0 Å². The van der Waals surface area contributed by atoms with E-state index in [0.29, 0.717) is 0 Å². The van der Waals surface area contributed by atoms with Crippen LogP contribution in [0.1, 0.15) is 17.8 Å². The van der Waals surface area contributed by atoms with Gasteiger partial charge in [-0.25, -0.2) is 4.98 Å². The van der Waals surface area contributed by atoms with Crippen molar-refractivity contribution in [2.24, 2.45) is 0 Å². The Morgan fingerprint density at radius 3 is 1.83 bits per heavy atom. The molecule has 194 valence electrons. The van der Waals surface area contributed by atoms with Crippen molar-refractivity contribution in [1.29, 1.82) is 0 Å². The predicted molar refractivity (Wildman–Crippen MR) is 170 cm³/mol. The molecular weight excluding hydrogens is 500 g/mol. The molecule has 3 aromatic heterocycles. The van der Waals surface area contributed by atoms with Gasteiger partial charge in [0.2, 0.25) is 5.95 Å². The van der Waals surface area contributed by atoms with Crippen molar-refractivity contribution in [3.8, 4) is 22.8 Å². The number of H-pyrrole nitrogens is 1. The van der Waals surface area contributed by atoms with Crippen LogP contribution in [0.4, 0.5) is 0 Å². The van der Waals surface area contributed by atoms with Crippen LogP contribution < -0.4 is 0 Å². The quantitative estimate of drug-likeness (QED) is 0.245. The zero-order chi connectivity index (χ0) is 26.9. The minimum Gasteiger partial charge on any atom is -0.324 e. The second-order valence-electron chi connectivity index (χ2n) is 10.9. The second-order valence-corrected chi connectivity index (χ2v) is 10.9. The van der Waals surface area contributed by atoms with Crippen LogP contribution in [0.3, 0.4) is 0 Å². The van der Waals surface area contributed by atoms with Crippen molar-refractivity contribution in [3.63, 3.8) is 0 Å². The normalized spacial score (nSPS) is 13.1. The lowest BCUT2D eigenvalue weighted by molar-refractivity contribution is 0.934. The van der Waals surface area contributed by atoms with E-state index in [2.05, 4.69) is 142 Å². The molecule has 1 aliphatic rings. The number of nitrogens with zero attached hydrogens (tertiary/aromatic N) is 3. The predicted octanol–water partition coefficient (Wildman–Crippen LogP) is 9.23. The molecule has 9 rings (SSSR count). The number of para-hydroxylation sites is 3. The lowest BCUT2D eigenvalue weighted by atomic mass is 10.0. The number of fused-ring (bicyclic) bond motifs is 7. The van der Waals surface area contributed by atoms with Gasteiger partial charge < -0.3 is 9.55 Å². The lowest BCUT2D eigenvalue weighted by Crippen LogP contribution is -1.96. The van der Waals surface area contributed by atoms with Crippen molar-refractivity contribution in [1.82, 2.24) is 19.1 Å². The number of nitrogens with one attached hydrogen (secondary N) is 1. The number of hydrogen-bond acceptors (Lipinski definition) is 1. The fraction of sp³-hybridized carbons (Fsp3) is 0.0541. The summed E-state index contributed by atoms with van der Waals surface area (Å²) in [5.41, 5.74) is 10.6. The molecule has 0 saturated carbocycles. The molecule has 4 nitrogen and oxygen atoms in total. The van der Waals surface area contributed by atoms with Crippen LogP contribution in [0.15, 0.2) is 121 Å². The van der Waals surface area contributed by atoms with Gasteiger partial charge in [0.1, 0.15) is 0 Å². The molecule has 0 aliphatic heterocycles. The fourth-order valence-corrected chi connectivity index (χ4v) is 6.65. The topological polar surface area (TPSA) is 38.5 Å². The Balaban J connectivity index is 1.25. The van der Waals surface area contributed by atoms with Crippen LogP contribution in [-0.2, 0) is 6.42 Å². The SMILES string of the molecule is C1=Cc2[nH]c(-n3c4ccccc4c4cc(-c5ccc6c(c5)c5ccccc5n6-c5ccccc5)ccc43)nc2CC1. The van der Waals surface area contributed by atoms with Crippen LogP contribution in [0.25, 0.3) is 72.5 Å². The van der Waals surface area contributed by atoms with Crippen LogP contribution in [0.5, 0.6) is 0 Å². The number of aryl methyl sites for hydroxylation is 1. The summed E-state index contributed by atoms with van der Waals surface area (Å²) in [6.07, 6.45) is 6.40. The first-order valence-electron chi connectivity index (χ1n) is 14.2. The average molecular weight is 527 g/mol. The monoisotopic (exact) mass is 526 g/mol. The molecule has 0 atom stereocenters. The standard InChI is InChI=1S/C37H26N4/c1-2-10-26(11-3-1)40-33-16-8-4-12-27(33)29-22-24(18-20-35(29)40)25-19-21-36-30(23-25)28-13-5-9-17-34(28)41(36)37-38-31-14-6-7-15-32(31)39-37/h1-6,8-14,16-23H,7,15H2,(H,38,39). The zero-order valence-electron chi connectivity index (χ0n) is 22.4. The molecule has 0 radical (unpaired) electrons. The zero-order valence-corrected chi connectivity index (χ0v) is 22.4. The molecule has 0 saturated heterocycles. The van der Waals surface area contributed by atoms with E-state index < -0.39 is 0 Å². The van der Waals surface area contributed by atoms with E-state index in [1.54, 1.807) is 0 Å². The lowest BCUT2D eigenvalue weighted by Gasteiger charge is -2.08. The van der Waals surface area contributed by atoms with Gasteiger partial charge in [-0.15, -0.1) is 0 Å². The van der Waals surface area contributed by atoms with Gasteiger partial charge >= 0.3 is 0 Å². The van der Waals surface area contributed by atoms with Crippen molar-refractivity contribution in [2.45, 2.75) is 12.8 Å². The number of hydrogen-bond donors (Lipinski definition) is 1. The summed E-state index contributed by atoms with van der Waals surface area (Å²) < 4.78 is 4.64. The first kappa shape index (κ1) is 22.5. The summed E-state index contributed by atoms with van der Waals surface area (Å²) in [7, 11) is 0. The molecule has 5 aromatic carbocycles. The summed E-state index contributed by atoms with van der Waals surface area (Å²) >= 11 is 0. The summed E-state index contributed by atoms with van der Waals surface area (Å²) in [6, 6.07) is 41.7. The van der Waals surface area contributed by atoms with E-state index in [0.717, 1.165) is 41.2 Å². The first-order chi connectivity index (χ1) is 20.3. The highest BCUT2D eigenvalue weighted by Crippen LogP contribution is 2.38. The molecule has 0 fully saturated rings. The van der Waals surface area contributed by atoms with Crippen LogP contribution in [0.2, 0.25) is 0 Å². The van der Waals surface area contributed by atoms with Gasteiger partial charge in [-0.1, -0.05) is 72.8 Å². The third-order valence-corrected chi connectivity index (χ3v) is 8.54. The molecule has 0 bridgehead atoms. The Morgan fingerprint density at radius 1 is 0.561 bits per heavy atom. The second kappa shape index (κ2) is 8.57. The number of benzene rings is 5. The van der Waals surface area contributed by atoms with Crippen molar-refractivity contribution in [3.05, 3.63) is 133 Å². The molecule has 3 heterocycles. The van der Waals surface area contributed by atoms with Gasteiger partial charge in [0.25, 0.3) is 0 Å². The van der Waals surface area contributed by atoms with E-state index in [-0.39, 0.29) is 0 Å². The van der Waals surface area contributed by atoms with E-state index in [1.807, 2.05) is 0 Å². The Bertz CT molecular complexity index is 2310. The van der Waals surface area contributed by atoms with Crippen molar-refractivity contribution < 1.29 is 0 Å². The maximum Gasteiger partial charge on any atom is 0.212 e. The summed E-state index contributed by atoms with van der Waals surface area (Å²) in [5, 5.41) is 4.99. The minimum atomic E-state index is 0.885. The fourth-order valence-electron chi connectivity index (χ4n) is 6.65. The largest absolute Gasteiger partial charge is 0.324 e.